The molecule has 1 atom stereocenters. The van der Waals surface area contributed by atoms with Crippen LogP contribution in [-0.4, -0.2) is 36.0 Å². The predicted molar refractivity (Wildman–Crippen MR) is 74.5 cm³/mol. The lowest BCUT2D eigenvalue weighted by Gasteiger charge is -2.09. The van der Waals surface area contributed by atoms with Gasteiger partial charge in [0.2, 0.25) is 5.91 Å². The van der Waals surface area contributed by atoms with E-state index in [0.717, 1.165) is 6.07 Å². The molecular weight excluding hydrogens is 300 g/mol. The summed E-state index contributed by atoms with van der Waals surface area (Å²) in [6.07, 6.45) is -0.166. The number of nitrogens with one attached hydrogen (secondary N) is 1. The molecule has 0 aliphatic carbocycles. The van der Waals surface area contributed by atoms with Gasteiger partial charge in [-0.2, -0.15) is 8.42 Å². The highest BCUT2D eigenvalue weighted by Gasteiger charge is 2.16. The summed E-state index contributed by atoms with van der Waals surface area (Å²) in [5.41, 5.74) is 5.79. The number of benzene rings is 1. The maximum Gasteiger partial charge on any atom is 0.320 e. The summed E-state index contributed by atoms with van der Waals surface area (Å²) in [4.78, 5) is 21.8. The predicted octanol–water partition coefficient (Wildman–Crippen LogP) is 0.372. The lowest BCUT2D eigenvalue weighted by Crippen LogP contribution is -2.31. The molecule has 1 aromatic carbocycles. The first-order valence-corrected chi connectivity index (χ1v) is 7.41. The number of aryl methyl sites for hydroxylation is 1. The van der Waals surface area contributed by atoms with Crippen molar-refractivity contribution in [3.63, 3.8) is 0 Å². The van der Waals surface area contributed by atoms with Crippen molar-refractivity contribution >= 4 is 27.7 Å². The molecular formula is C12H16N2O6S. The number of amides is 1. The van der Waals surface area contributed by atoms with Gasteiger partial charge in [0.25, 0.3) is 10.1 Å². The number of nitrogens with two attached hydrogens (primary N) is 1. The molecule has 21 heavy (non-hydrogen) atoms. The van der Waals surface area contributed by atoms with E-state index in [9.17, 15) is 18.0 Å². The Hall–Kier alpha value is -1.97. The lowest BCUT2D eigenvalue weighted by molar-refractivity contribution is -0.138. The van der Waals surface area contributed by atoms with Gasteiger partial charge in [0.15, 0.2) is 0 Å². The Morgan fingerprint density at radius 3 is 2.52 bits per heavy atom. The van der Waals surface area contributed by atoms with Crippen LogP contribution in [-0.2, 0) is 19.7 Å². The first kappa shape index (κ1) is 17.1. The van der Waals surface area contributed by atoms with E-state index in [2.05, 4.69) is 5.32 Å². The largest absolute Gasteiger partial charge is 0.480 e. The van der Waals surface area contributed by atoms with E-state index in [0.29, 0.717) is 5.56 Å². The van der Waals surface area contributed by atoms with Crippen LogP contribution in [0.25, 0.3) is 0 Å². The Kier molecular flexibility index (Phi) is 5.41. The average Bonchev–Trinajstić information content (AvgIpc) is 2.36. The maximum absolute atomic E-state index is 11.6. The highest BCUT2D eigenvalue weighted by Crippen LogP contribution is 2.20. The minimum absolute atomic E-state index is 0.0435. The Morgan fingerprint density at radius 2 is 2.00 bits per heavy atom. The number of carboxylic acids is 1. The summed E-state index contributed by atoms with van der Waals surface area (Å²) < 4.78 is 31.3. The molecule has 1 unspecified atom stereocenters. The van der Waals surface area contributed by atoms with Gasteiger partial charge in [-0.3, -0.25) is 14.1 Å². The molecule has 0 aromatic heterocycles. The molecule has 1 amide bonds. The molecule has 8 nitrogen and oxygen atoms in total. The van der Waals surface area contributed by atoms with E-state index in [-0.39, 0.29) is 23.4 Å². The number of carboxylic acid groups (broad SMARTS) is 1. The summed E-state index contributed by atoms with van der Waals surface area (Å²) in [7, 11) is -4.38. The molecule has 0 aliphatic rings. The van der Waals surface area contributed by atoms with E-state index in [1.165, 1.54) is 19.1 Å². The molecule has 0 spiro atoms. The maximum atomic E-state index is 11.6. The number of aliphatic carboxylic acids is 1. The van der Waals surface area contributed by atoms with Crippen LogP contribution in [0.3, 0.4) is 0 Å². The standard InChI is InChI=1S/C12H16N2O6S/c1-7-2-3-8(6-10(7)21(18,19)20)14-11(15)5-4-9(13)12(16)17/h2-3,6,9H,4-5,13H2,1H3,(H,14,15)(H,16,17)(H,18,19,20). The fourth-order valence-electron chi connectivity index (χ4n) is 1.59. The van der Waals surface area contributed by atoms with Crippen LogP contribution in [0.5, 0.6) is 0 Å². The van der Waals surface area contributed by atoms with Crippen molar-refractivity contribution in [2.24, 2.45) is 5.73 Å². The molecule has 0 fully saturated rings. The number of rotatable bonds is 6. The van der Waals surface area contributed by atoms with E-state index in [4.69, 9.17) is 15.4 Å². The summed E-state index contributed by atoms with van der Waals surface area (Å²) in [5.74, 6) is -1.70. The van der Waals surface area contributed by atoms with Crippen LogP contribution >= 0.6 is 0 Å². The third-order valence-corrected chi connectivity index (χ3v) is 3.75. The molecule has 116 valence electrons. The second-order valence-electron chi connectivity index (χ2n) is 4.49. The molecule has 1 rings (SSSR count). The Labute approximate surface area is 121 Å². The number of hydrogen-bond donors (Lipinski definition) is 4. The van der Waals surface area contributed by atoms with Crippen LogP contribution < -0.4 is 11.1 Å². The average molecular weight is 316 g/mol. The Balaban J connectivity index is 2.76. The Bertz CT molecular complexity index is 656. The molecule has 9 heteroatoms. The summed E-state index contributed by atoms with van der Waals surface area (Å²) >= 11 is 0. The third-order valence-electron chi connectivity index (χ3n) is 2.75. The van der Waals surface area contributed by atoms with E-state index in [1.54, 1.807) is 0 Å². The number of anilines is 1. The quantitative estimate of drug-likeness (QED) is 0.554. The van der Waals surface area contributed by atoms with Crippen LogP contribution in [0.4, 0.5) is 5.69 Å². The minimum atomic E-state index is -4.38. The zero-order valence-corrected chi connectivity index (χ0v) is 12.1. The van der Waals surface area contributed by atoms with Crippen LogP contribution in [0.2, 0.25) is 0 Å². The monoisotopic (exact) mass is 316 g/mol. The van der Waals surface area contributed by atoms with Gasteiger partial charge in [0.1, 0.15) is 6.04 Å². The molecule has 0 saturated heterocycles. The zero-order chi connectivity index (χ0) is 16.2. The second kappa shape index (κ2) is 6.66. The number of carbonyl (C=O) groups is 2. The van der Waals surface area contributed by atoms with E-state index < -0.39 is 28.0 Å². The molecule has 1 aromatic rings. The fourth-order valence-corrected chi connectivity index (χ4v) is 2.34. The SMILES string of the molecule is Cc1ccc(NC(=O)CCC(N)C(=O)O)cc1S(=O)(=O)O. The topological polar surface area (TPSA) is 147 Å². The van der Waals surface area contributed by atoms with Crippen molar-refractivity contribution in [1.82, 2.24) is 0 Å². The van der Waals surface area contributed by atoms with Crippen LogP contribution in [0.15, 0.2) is 23.1 Å². The Morgan fingerprint density at radius 1 is 1.38 bits per heavy atom. The summed E-state index contributed by atoms with van der Waals surface area (Å²) in [6, 6.07) is 2.89. The first-order valence-electron chi connectivity index (χ1n) is 5.97. The lowest BCUT2D eigenvalue weighted by atomic mass is 10.1. The first-order chi connectivity index (χ1) is 9.61. The number of hydrogen-bond acceptors (Lipinski definition) is 5. The van der Waals surface area contributed by atoms with Gasteiger partial charge in [-0.05, 0) is 31.0 Å². The van der Waals surface area contributed by atoms with Gasteiger partial charge in [-0.25, -0.2) is 0 Å². The molecule has 0 bridgehead atoms. The van der Waals surface area contributed by atoms with Gasteiger partial charge in [-0.15, -0.1) is 0 Å². The summed E-state index contributed by atoms with van der Waals surface area (Å²) in [6.45, 7) is 1.50. The highest BCUT2D eigenvalue weighted by molar-refractivity contribution is 7.85. The van der Waals surface area contributed by atoms with Crippen LogP contribution in [0, 0.1) is 6.92 Å². The van der Waals surface area contributed by atoms with Gasteiger partial charge in [0.05, 0.1) is 4.90 Å². The fraction of sp³-hybridized carbons (Fsp3) is 0.333. The third kappa shape index (κ3) is 5.14. The molecule has 0 saturated carbocycles. The van der Waals surface area contributed by atoms with Crippen molar-refractivity contribution in [3.05, 3.63) is 23.8 Å². The van der Waals surface area contributed by atoms with Crippen molar-refractivity contribution < 1.29 is 27.7 Å². The van der Waals surface area contributed by atoms with Crippen molar-refractivity contribution in [2.45, 2.75) is 30.7 Å². The van der Waals surface area contributed by atoms with Crippen molar-refractivity contribution in [1.29, 1.82) is 0 Å². The van der Waals surface area contributed by atoms with Crippen molar-refractivity contribution in [2.75, 3.05) is 5.32 Å². The normalized spacial score (nSPS) is 12.7. The van der Waals surface area contributed by atoms with Crippen LogP contribution in [0.1, 0.15) is 18.4 Å². The smallest absolute Gasteiger partial charge is 0.320 e. The zero-order valence-electron chi connectivity index (χ0n) is 11.2. The van der Waals surface area contributed by atoms with E-state index >= 15 is 0 Å². The highest BCUT2D eigenvalue weighted by atomic mass is 32.2. The van der Waals surface area contributed by atoms with Gasteiger partial charge in [0, 0.05) is 12.1 Å². The van der Waals surface area contributed by atoms with Gasteiger partial charge >= 0.3 is 5.97 Å². The molecule has 0 aliphatic heterocycles. The summed E-state index contributed by atoms with van der Waals surface area (Å²) in [5, 5.41) is 11.0. The second-order valence-corrected chi connectivity index (χ2v) is 5.88. The van der Waals surface area contributed by atoms with Gasteiger partial charge in [-0.1, -0.05) is 6.07 Å². The van der Waals surface area contributed by atoms with Crippen molar-refractivity contribution in [3.8, 4) is 0 Å². The molecule has 0 heterocycles. The number of carbonyl (C=O) groups excluding carboxylic acids is 1. The van der Waals surface area contributed by atoms with Gasteiger partial charge < -0.3 is 16.2 Å². The minimum Gasteiger partial charge on any atom is -0.480 e. The van der Waals surface area contributed by atoms with E-state index in [1.807, 2.05) is 0 Å². The molecule has 0 radical (unpaired) electrons. The molecule has 5 N–H and O–H groups in total.